The van der Waals surface area contributed by atoms with Crippen molar-refractivity contribution < 1.29 is 5.11 Å². The van der Waals surface area contributed by atoms with Crippen LogP contribution in [0.4, 0.5) is 5.69 Å². The summed E-state index contributed by atoms with van der Waals surface area (Å²) >= 11 is 0. The van der Waals surface area contributed by atoms with Crippen molar-refractivity contribution in [2.24, 2.45) is 5.73 Å². The number of hydrogen-bond donors (Lipinski definition) is 3. The summed E-state index contributed by atoms with van der Waals surface area (Å²) in [5, 5.41) is 13.2. The predicted molar refractivity (Wildman–Crippen MR) is 61.9 cm³/mol. The lowest BCUT2D eigenvalue weighted by Gasteiger charge is -2.30. The molecular formula is C12H18N2O. The third-order valence-electron chi connectivity index (χ3n) is 3.01. The molecule has 0 aromatic heterocycles. The van der Waals surface area contributed by atoms with E-state index in [2.05, 4.69) is 23.5 Å². The van der Waals surface area contributed by atoms with Gasteiger partial charge < -0.3 is 16.2 Å². The Balaban J connectivity index is 2.05. The van der Waals surface area contributed by atoms with E-state index in [-0.39, 0.29) is 12.1 Å². The molecule has 1 aromatic rings. The number of para-hydroxylation sites is 1. The van der Waals surface area contributed by atoms with Gasteiger partial charge in [-0.25, -0.2) is 0 Å². The molecule has 3 heteroatoms. The van der Waals surface area contributed by atoms with Crippen LogP contribution >= 0.6 is 0 Å². The number of aliphatic hydroxyl groups excluding tert-OH is 1. The summed E-state index contributed by atoms with van der Waals surface area (Å²) in [6.07, 6.45) is 2.36. The number of fused-ring (bicyclic) bond motifs is 1. The zero-order chi connectivity index (χ0) is 10.7. The Hall–Kier alpha value is -1.06. The predicted octanol–water partition coefficient (Wildman–Crippen LogP) is 1.12. The van der Waals surface area contributed by atoms with Crippen molar-refractivity contribution >= 4 is 5.69 Å². The fourth-order valence-electron chi connectivity index (χ4n) is 2.12. The average Bonchev–Trinajstić information content (AvgIpc) is 2.29. The van der Waals surface area contributed by atoms with Gasteiger partial charge in [-0.3, -0.25) is 0 Å². The molecule has 2 atom stereocenters. The van der Waals surface area contributed by atoms with Crippen molar-refractivity contribution in [1.82, 2.24) is 0 Å². The fourth-order valence-corrected chi connectivity index (χ4v) is 2.12. The summed E-state index contributed by atoms with van der Waals surface area (Å²) < 4.78 is 0. The highest BCUT2D eigenvalue weighted by Crippen LogP contribution is 2.25. The summed E-state index contributed by atoms with van der Waals surface area (Å²) in [5.41, 5.74) is 7.94. The monoisotopic (exact) mass is 206 g/mol. The van der Waals surface area contributed by atoms with Gasteiger partial charge in [-0.1, -0.05) is 18.2 Å². The van der Waals surface area contributed by atoms with Gasteiger partial charge in [0.1, 0.15) is 0 Å². The molecule has 0 fully saturated rings. The molecule has 0 aliphatic carbocycles. The molecule has 0 radical (unpaired) electrons. The Morgan fingerprint density at radius 1 is 1.47 bits per heavy atom. The molecule has 0 saturated carbocycles. The molecule has 2 unspecified atom stereocenters. The molecule has 82 valence electrons. The van der Waals surface area contributed by atoms with E-state index >= 15 is 0 Å². The molecule has 0 spiro atoms. The van der Waals surface area contributed by atoms with E-state index in [0.29, 0.717) is 13.0 Å². The maximum absolute atomic E-state index is 9.86. The van der Waals surface area contributed by atoms with E-state index in [1.54, 1.807) is 0 Å². The van der Waals surface area contributed by atoms with E-state index in [4.69, 9.17) is 5.73 Å². The van der Waals surface area contributed by atoms with E-state index in [1.165, 1.54) is 5.56 Å². The highest BCUT2D eigenvalue weighted by molar-refractivity contribution is 5.53. The molecule has 3 nitrogen and oxygen atoms in total. The Labute approximate surface area is 90.3 Å². The van der Waals surface area contributed by atoms with Crippen LogP contribution in [0.5, 0.6) is 0 Å². The average molecular weight is 206 g/mol. The highest BCUT2D eigenvalue weighted by Gasteiger charge is 2.22. The quantitative estimate of drug-likeness (QED) is 0.694. The number of rotatable bonds is 3. The second-order valence-electron chi connectivity index (χ2n) is 4.09. The van der Waals surface area contributed by atoms with Crippen LogP contribution in [-0.2, 0) is 6.42 Å². The smallest absolute Gasteiger partial charge is 0.0753 e. The molecule has 2 rings (SSSR count). The van der Waals surface area contributed by atoms with Crippen molar-refractivity contribution in [3.8, 4) is 0 Å². The highest BCUT2D eigenvalue weighted by atomic mass is 16.3. The van der Waals surface area contributed by atoms with Crippen LogP contribution in [0.1, 0.15) is 18.4 Å². The van der Waals surface area contributed by atoms with Crippen molar-refractivity contribution in [3.63, 3.8) is 0 Å². The third-order valence-corrected chi connectivity index (χ3v) is 3.01. The second kappa shape index (κ2) is 4.64. The first-order chi connectivity index (χ1) is 7.31. The van der Waals surface area contributed by atoms with E-state index < -0.39 is 0 Å². The molecule has 0 bridgehead atoms. The standard InChI is InChI=1S/C12H18N2O/c13-8-7-12(15)11-6-5-9-3-1-2-4-10(9)14-11/h1-4,11-12,14-15H,5-8,13H2. The number of aryl methyl sites for hydroxylation is 1. The third kappa shape index (κ3) is 2.30. The maximum Gasteiger partial charge on any atom is 0.0753 e. The van der Waals surface area contributed by atoms with Crippen molar-refractivity contribution in [2.45, 2.75) is 31.4 Å². The Morgan fingerprint density at radius 2 is 2.27 bits per heavy atom. The number of hydrogen-bond acceptors (Lipinski definition) is 3. The molecule has 1 aliphatic heterocycles. The van der Waals surface area contributed by atoms with Crippen LogP contribution in [0.25, 0.3) is 0 Å². The van der Waals surface area contributed by atoms with Crippen LogP contribution in [0.15, 0.2) is 24.3 Å². The van der Waals surface area contributed by atoms with Gasteiger partial charge in [0.25, 0.3) is 0 Å². The largest absolute Gasteiger partial charge is 0.391 e. The number of nitrogens with two attached hydrogens (primary N) is 1. The number of nitrogens with one attached hydrogen (secondary N) is 1. The zero-order valence-corrected chi connectivity index (χ0v) is 8.82. The minimum atomic E-state index is -0.330. The first-order valence-corrected chi connectivity index (χ1v) is 5.54. The number of aliphatic hydroxyl groups is 1. The van der Waals surface area contributed by atoms with Gasteiger partial charge in [0, 0.05) is 5.69 Å². The van der Waals surface area contributed by atoms with E-state index in [1.807, 2.05) is 6.07 Å². The van der Waals surface area contributed by atoms with Gasteiger partial charge in [-0.15, -0.1) is 0 Å². The molecule has 1 aliphatic rings. The van der Waals surface area contributed by atoms with Gasteiger partial charge in [-0.05, 0) is 37.4 Å². The fraction of sp³-hybridized carbons (Fsp3) is 0.500. The topological polar surface area (TPSA) is 58.3 Å². The Bertz CT molecular complexity index is 327. The summed E-state index contributed by atoms with van der Waals surface area (Å²) in [4.78, 5) is 0. The van der Waals surface area contributed by atoms with Crippen LogP contribution in [-0.4, -0.2) is 23.8 Å². The van der Waals surface area contributed by atoms with Gasteiger partial charge in [0.05, 0.1) is 12.1 Å². The van der Waals surface area contributed by atoms with Crippen LogP contribution in [0.2, 0.25) is 0 Å². The number of anilines is 1. The minimum absolute atomic E-state index is 0.156. The molecule has 0 saturated heterocycles. The lowest BCUT2D eigenvalue weighted by molar-refractivity contribution is 0.140. The SMILES string of the molecule is NCCC(O)C1CCc2ccccc2N1. The summed E-state index contributed by atoms with van der Waals surface area (Å²) in [6, 6.07) is 8.43. The van der Waals surface area contributed by atoms with Crippen LogP contribution in [0.3, 0.4) is 0 Å². The van der Waals surface area contributed by atoms with Crippen molar-refractivity contribution in [3.05, 3.63) is 29.8 Å². The molecular weight excluding hydrogens is 188 g/mol. The van der Waals surface area contributed by atoms with Gasteiger partial charge in [-0.2, -0.15) is 0 Å². The molecule has 1 heterocycles. The van der Waals surface area contributed by atoms with Gasteiger partial charge in [0.15, 0.2) is 0 Å². The Kier molecular flexibility index (Phi) is 3.23. The van der Waals surface area contributed by atoms with Crippen molar-refractivity contribution in [1.29, 1.82) is 0 Å². The lowest BCUT2D eigenvalue weighted by atomic mass is 9.94. The zero-order valence-electron chi connectivity index (χ0n) is 8.82. The normalized spacial score (nSPS) is 21.6. The van der Waals surface area contributed by atoms with Gasteiger partial charge in [0.2, 0.25) is 0 Å². The molecule has 0 amide bonds. The van der Waals surface area contributed by atoms with E-state index in [9.17, 15) is 5.11 Å². The van der Waals surface area contributed by atoms with E-state index in [0.717, 1.165) is 18.5 Å². The molecule has 4 N–H and O–H groups in total. The second-order valence-corrected chi connectivity index (χ2v) is 4.09. The van der Waals surface area contributed by atoms with Crippen molar-refractivity contribution in [2.75, 3.05) is 11.9 Å². The lowest BCUT2D eigenvalue weighted by Crippen LogP contribution is -2.38. The minimum Gasteiger partial charge on any atom is -0.391 e. The molecule has 1 aromatic carbocycles. The first kappa shape index (κ1) is 10.5. The Morgan fingerprint density at radius 3 is 3.07 bits per heavy atom. The summed E-state index contributed by atoms with van der Waals surface area (Å²) in [7, 11) is 0. The molecule has 15 heavy (non-hydrogen) atoms. The summed E-state index contributed by atoms with van der Waals surface area (Å²) in [5.74, 6) is 0. The number of benzene rings is 1. The first-order valence-electron chi connectivity index (χ1n) is 5.54. The maximum atomic E-state index is 9.86. The van der Waals surface area contributed by atoms with Gasteiger partial charge >= 0.3 is 0 Å². The summed E-state index contributed by atoms with van der Waals surface area (Å²) in [6.45, 7) is 0.543. The van der Waals surface area contributed by atoms with Crippen LogP contribution in [0, 0.1) is 0 Å². The van der Waals surface area contributed by atoms with Crippen LogP contribution < -0.4 is 11.1 Å².